The molecule has 8 heteroatoms. The average Bonchev–Trinajstić information content (AvgIpc) is 2.74. The first-order valence-electron chi connectivity index (χ1n) is 9.89. The largest absolute Gasteiger partial charge is 0.355 e. The van der Waals surface area contributed by atoms with E-state index >= 15 is 0 Å². The van der Waals surface area contributed by atoms with E-state index in [1.54, 1.807) is 0 Å². The highest BCUT2D eigenvalue weighted by molar-refractivity contribution is 7.99. The van der Waals surface area contributed by atoms with Crippen molar-refractivity contribution in [3.05, 3.63) is 87.8 Å². The normalized spacial score (nSPS) is 10.5. The second kappa shape index (κ2) is 11.1. The van der Waals surface area contributed by atoms with E-state index < -0.39 is 0 Å². The molecule has 1 heterocycles. The third kappa shape index (κ3) is 7.42. The van der Waals surface area contributed by atoms with Crippen LogP contribution in [0.15, 0.2) is 70.6 Å². The van der Waals surface area contributed by atoms with E-state index in [-0.39, 0.29) is 29.5 Å². The van der Waals surface area contributed by atoms with E-state index in [0.29, 0.717) is 17.4 Å². The maximum Gasteiger partial charge on any atom is 0.251 e. The molecule has 0 aliphatic heterocycles. The molecular weight excluding hydrogens is 412 g/mol. The van der Waals surface area contributed by atoms with Crippen LogP contribution in [0.25, 0.3) is 0 Å². The lowest BCUT2D eigenvalue weighted by molar-refractivity contribution is -0.120. The van der Waals surface area contributed by atoms with Crippen molar-refractivity contribution in [2.75, 3.05) is 17.6 Å². The summed E-state index contributed by atoms with van der Waals surface area (Å²) in [5, 5.41) is 5.98. The predicted molar refractivity (Wildman–Crippen MR) is 122 cm³/mol. The molecule has 31 heavy (non-hydrogen) atoms. The highest BCUT2D eigenvalue weighted by Gasteiger charge is 2.10. The number of aromatic nitrogens is 2. The summed E-state index contributed by atoms with van der Waals surface area (Å²) in [6, 6.07) is 18.7. The molecule has 1 aromatic heterocycles. The predicted octanol–water partition coefficient (Wildman–Crippen LogP) is 2.71. The Labute approximate surface area is 184 Å². The number of hydrogen-bond acceptors (Lipinski definition) is 5. The van der Waals surface area contributed by atoms with E-state index in [9.17, 15) is 14.4 Å². The zero-order valence-electron chi connectivity index (χ0n) is 17.2. The van der Waals surface area contributed by atoms with Crippen molar-refractivity contribution in [1.82, 2.24) is 15.3 Å². The average molecular weight is 437 g/mol. The molecule has 3 rings (SSSR count). The van der Waals surface area contributed by atoms with Crippen LogP contribution in [0.5, 0.6) is 0 Å². The SMILES string of the molecule is Cc1ccccc1NC(=O)CSc1nc(CC(=O)NCCc2ccccc2)cc(=O)[nH]1. The van der Waals surface area contributed by atoms with Gasteiger partial charge in [0.15, 0.2) is 5.16 Å². The van der Waals surface area contributed by atoms with Crippen molar-refractivity contribution in [2.45, 2.75) is 24.9 Å². The topological polar surface area (TPSA) is 104 Å². The van der Waals surface area contributed by atoms with Crippen LogP contribution in [0.4, 0.5) is 5.69 Å². The minimum atomic E-state index is -0.358. The number of anilines is 1. The van der Waals surface area contributed by atoms with E-state index in [4.69, 9.17) is 0 Å². The summed E-state index contributed by atoms with van der Waals surface area (Å²) in [4.78, 5) is 43.2. The molecule has 3 aromatic rings. The number of hydrogen-bond donors (Lipinski definition) is 3. The van der Waals surface area contributed by atoms with Gasteiger partial charge < -0.3 is 15.6 Å². The third-order valence-corrected chi connectivity index (χ3v) is 5.33. The number of rotatable bonds is 9. The number of aromatic amines is 1. The van der Waals surface area contributed by atoms with E-state index in [0.717, 1.165) is 35.0 Å². The monoisotopic (exact) mass is 436 g/mol. The minimum Gasteiger partial charge on any atom is -0.355 e. The summed E-state index contributed by atoms with van der Waals surface area (Å²) >= 11 is 1.11. The first kappa shape index (κ1) is 22.3. The van der Waals surface area contributed by atoms with Crippen LogP contribution in [-0.4, -0.2) is 34.1 Å². The smallest absolute Gasteiger partial charge is 0.251 e. The number of carbonyl (C=O) groups is 2. The number of thioether (sulfide) groups is 1. The number of aryl methyl sites for hydroxylation is 1. The van der Waals surface area contributed by atoms with Crippen molar-refractivity contribution in [2.24, 2.45) is 0 Å². The first-order chi connectivity index (χ1) is 15.0. The van der Waals surface area contributed by atoms with Gasteiger partial charge in [0.05, 0.1) is 17.9 Å². The van der Waals surface area contributed by atoms with Crippen LogP contribution in [0, 0.1) is 6.92 Å². The van der Waals surface area contributed by atoms with Crippen molar-refractivity contribution < 1.29 is 9.59 Å². The highest BCUT2D eigenvalue weighted by Crippen LogP contribution is 2.16. The quantitative estimate of drug-likeness (QED) is 0.353. The van der Waals surface area contributed by atoms with Crippen molar-refractivity contribution in [1.29, 1.82) is 0 Å². The Morgan fingerprint density at radius 3 is 2.55 bits per heavy atom. The van der Waals surface area contributed by atoms with E-state index in [1.165, 1.54) is 6.07 Å². The summed E-state index contributed by atoms with van der Waals surface area (Å²) in [5.74, 6) is -0.322. The number of nitrogens with one attached hydrogen (secondary N) is 3. The van der Waals surface area contributed by atoms with Gasteiger partial charge in [-0.3, -0.25) is 14.4 Å². The molecule has 0 fully saturated rings. The lowest BCUT2D eigenvalue weighted by Gasteiger charge is -2.08. The van der Waals surface area contributed by atoms with Gasteiger partial charge in [-0.25, -0.2) is 4.98 Å². The summed E-state index contributed by atoms with van der Waals surface area (Å²) < 4.78 is 0. The number of para-hydroxylation sites is 1. The Balaban J connectivity index is 1.50. The summed E-state index contributed by atoms with van der Waals surface area (Å²) in [7, 11) is 0. The molecule has 0 aliphatic carbocycles. The van der Waals surface area contributed by atoms with Crippen molar-refractivity contribution in [3.63, 3.8) is 0 Å². The molecule has 3 N–H and O–H groups in total. The van der Waals surface area contributed by atoms with E-state index in [2.05, 4.69) is 20.6 Å². The third-order valence-electron chi connectivity index (χ3n) is 4.45. The first-order valence-corrected chi connectivity index (χ1v) is 10.9. The molecule has 160 valence electrons. The standard InChI is InChI=1S/C23H24N4O3S/c1-16-7-5-6-10-19(16)26-22(30)15-31-23-25-18(14-21(29)27-23)13-20(28)24-12-11-17-8-3-2-4-9-17/h2-10,14H,11-13,15H2,1H3,(H,24,28)(H,26,30)(H,25,27,29). The van der Waals surface area contributed by atoms with Crippen LogP contribution in [0.3, 0.4) is 0 Å². The molecule has 0 bridgehead atoms. The molecule has 0 saturated carbocycles. The molecule has 2 aromatic carbocycles. The van der Waals surface area contributed by atoms with E-state index in [1.807, 2.05) is 61.5 Å². The minimum absolute atomic E-state index is 0.00166. The lowest BCUT2D eigenvalue weighted by atomic mass is 10.1. The Bertz CT molecular complexity index is 1100. The fourth-order valence-electron chi connectivity index (χ4n) is 2.89. The lowest BCUT2D eigenvalue weighted by Crippen LogP contribution is -2.28. The Morgan fingerprint density at radius 2 is 1.77 bits per heavy atom. The number of amides is 2. The zero-order valence-corrected chi connectivity index (χ0v) is 18.0. The van der Waals surface area contributed by atoms with Gasteiger partial charge in [-0.15, -0.1) is 0 Å². The van der Waals surface area contributed by atoms with Crippen LogP contribution in [0.1, 0.15) is 16.8 Å². The number of H-pyrrole nitrogens is 1. The van der Waals surface area contributed by atoms with Gasteiger partial charge in [-0.1, -0.05) is 60.3 Å². The molecule has 0 spiro atoms. The summed E-state index contributed by atoms with van der Waals surface area (Å²) in [6.45, 7) is 2.42. The second-order valence-electron chi connectivity index (χ2n) is 6.96. The molecule has 0 aliphatic rings. The van der Waals surface area contributed by atoms with Gasteiger partial charge in [-0.05, 0) is 30.5 Å². The van der Waals surface area contributed by atoms with Gasteiger partial charge >= 0.3 is 0 Å². The van der Waals surface area contributed by atoms with Crippen molar-refractivity contribution in [3.8, 4) is 0 Å². The number of carbonyl (C=O) groups excluding carboxylic acids is 2. The molecule has 0 radical (unpaired) electrons. The molecule has 0 unspecified atom stereocenters. The van der Waals surface area contributed by atoms with Gasteiger partial charge in [0.1, 0.15) is 0 Å². The van der Waals surface area contributed by atoms with Gasteiger partial charge in [0.25, 0.3) is 5.56 Å². The van der Waals surface area contributed by atoms with Crippen LogP contribution < -0.4 is 16.2 Å². The van der Waals surface area contributed by atoms with Crippen molar-refractivity contribution >= 4 is 29.3 Å². The summed E-state index contributed by atoms with van der Waals surface area (Å²) in [6.07, 6.45) is 0.730. The Hall–Kier alpha value is -3.39. The highest BCUT2D eigenvalue weighted by atomic mass is 32.2. The van der Waals surface area contributed by atoms with Crippen LogP contribution >= 0.6 is 11.8 Å². The fraction of sp³-hybridized carbons (Fsp3) is 0.217. The molecule has 7 nitrogen and oxygen atoms in total. The summed E-state index contributed by atoms with van der Waals surface area (Å²) in [5.41, 5.74) is 2.86. The molecule has 0 saturated heterocycles. The van der Waals surface area contributed by atoms with Crippen LogP contribution in [-0.2, 0) is 22.4 Å². The second-order valence-corrected chi connectivity index (χ2v) is 7.92. The Morgan fingerprint density at radius 1 is 1.03 bits per heavy atom. The van der Waals surface area contributed by atoms with Crippen LogP contribution in [0.2, 0.25) is 0 Å². The number of nitrogens with zero attached hydrogens (tertiary/aromatic N) is 1. The molecule has 0 atom stereocenters. The number of benzene rings is 2. The zero-order chi connectivity index (χ0) is 22.1. The molecular formula is C23H24N4O3S. The van der Waals surface area contributed by atoms with Gasteiger partial charge in [-0.2, -0.15) is 0 Å². The maximum atomic E-state index is 12.2. The Kier molecular flexibility index (Phi) is 8.00. The fourth-order valence-corrected chi connectivity index (χ4v) is 3.59. The molecule has 2 amide bonds. The maximum absolute atomic E-state index is 12.2. The van der Waals surface area contributed by atoms with Gasteiger partial charge in [0.2, 0.25) is 11.8 Å². The van der Waals surface area contributed by atoms with Gasteiger partial charge in [0, 0.05) is 18.3 Å².